The third kappa shape index (κ3) is 3.21. The maximum absolute atomic E-state index is 13.3. The topological polar surface area (TPSA) is 17.1 Å². The second kappa shape index (κ2) is 5.98. The van der Waals surface area contributed by atoms with Crippen molar-refractivity contribution < 1.29 is 9.18 Å². The summed E-state index contributed by atoms with van der Waals surface area (Å²) in [6.45, 7) is 2.01. The van der Waals surface area contributed by atoms with Gasteiger partial charge in [0.2, 0.25) is 0 Å². The first-order valence-electron chi connectivity index (χ1n) is 6.17. The van der Waals surface area contributed by atoms with Crippen LogP contribution >= 0.6 is 11.6 Å². The van der Waals surface area contributed by atoms with Gasteiger partial charge >= 0.3 is 0 Å². The summed E-state index contributed by atoms with van der Waals surface area (Å²) in [5, 5.41) is 0.0742. The van der Waals surface area contributed by atoms with E-state index in [-0.39, 0.29) is 17.2 Å². The third-order valence-electron chi connectivity index (χ3n) is 3.05. The lowest BCUT2D eigenvalue weighted by Gasteiger charge is -2.07. The van der Waals surface area contributed by atoms with Gasteiger partial charge in [-0.2, -0.15) is 0 Å². The van der Waals surface area contributed by atoms with E-state index in [9.17, 15) is 9.18 Å². The van der Waals surface area contributed by atoms with Gasteiger partial charge in [0.15, 0.2) is 5.78 Å². The number of hydrogen-bond acceptors (Lipinski definition) is 1. The molecule has 0 saturated heterocycles. The van der Waals surface area contributed by atoms with Gasteiger partial charge in [0.1, 0.15) is 5.82 Å². The molecule has 2 rings (SSSR count). The minimum atomic E-state index is -0.490. The zero-order chi connectivity index (χ0) is 13.8. The Labute approximate surface area is 117 Å². The Morgan fingerprint density at radius 3 is 2.63 bits per heavy atom. The molecule has 0 heterocycles. The fourth-order valence-corrected chi connectivity index (χ4v) is 2.15. The van der Waals surface area contributed by atoms with Crippen molar-refractivity contribution in [3.63, 3.8) is 0 Å². The van der Waals surface area contributed by atoms with Gasteiger partial charge in [-0.05, 0) is 29.7 Å². The summed E-state index contributed by atoms with van der Waals surface area (Å²) in [5.74, 6) is -0.491. The van der Waals surface area contributed by atoms with Crippen LogP contribution in [0.3, 0.4) is 0 Å². The highest BCUT2D eigenvalue weighted by molar-refractivity contribution is 6.30. The molecule has 0 aliphatic rings. The van der Waals surface area contributed by atoms with E-state index in [0.29, 0.717) is 11.1 Å². The molecule has 1 nitrogen and oxygen atoms in total. The van der Waals surface area contributed by atoms with Crippen molar-refractivity contribution in [2.75, 3.05) is 0 Å². The van der Waals surface area contributed by atoms with Crippen LogP contribution in [0.1, 0.15) is 28.4 Å². The van der Waals surface area contributed by atoms with E-state index >= 15 is 0 Å². The summed E-state index contributed by atoms with van der Waals surface area (Å²) in [5.41, 5.74) is 2.36. The summed E-state index contributed by atoms with van der Waals surface area (Å²) in [6, 6.07) is 12.0. The van der Waals surface area contributed by atoms with E-state index in [2.05, 4.69) is 0 Å². The molecule has 0 fully saturated rings. The van der Waals surface area contributed by atoms with Crippen LogP contribution in [0.15, 0.2) is 42.5 Å². The van der Waals surface area contributed by atoms with Gasteiger partial charge in [0.05, 0.1) is 5.02 Å². The number of hydrogen-bond donors (Lipinski definition) is 0. The molecular weight excluding hydrogens is 263 g/mol. The Bertz CT molecular complexity index is 607. The second-order valence-corrected chi connectivity index (χ2v) is 4.77. The molecule has 0 bridgehead atoms. The van der Waals surface area contributed by atoms with Crippen LogP contribution in [0.2, 0.25) is 5.02 Å². The molecule has 0 spiro atoms. The number of aryl methyl sites for hydroxylation is 1. The molecule has 0 radical (unpaired) electrons. The van der Waals surface area contributed by atoms with Gasteiger partial charge in [0.25, 0.3) is 0 Å². The summed E-state index contributed by atoms with van der Waals surface area (Å²) >= 11 is 5.62. The zero-order valence-corrected chi connectivity index (χ0v) is 11.4. The molecule has 2 aromatic carbocycles. The van der Waals surface area contributed by atoms with Crippen LogP contribution in [0.5, 0.6) is 0 Å². The molecule has 0 unspecified atom stereocenters. The zero-order valence-electron chi connectivity index (χ0n) is 10.6. The lowest BCUT2D eigenvalue weighted by molar-refractivity contribution is 0.0992. The predicted molar refractivity (Wildman–Crippen MR) is 75.3 cm³/mol. The van der Waals surface area contributed by atoms with Gasteiger partial charge in [-0.15, -0.1) is 0 Å². The first-order valence-corrected chi connectivity index (χ1v) is 6.54. The number of ketones is 1. The first kappa shape index (κ1) is 13.8. The molecule has 2 aromatic rings. The van der Waals surface area contributed by atoms with Crippen LogP contribution in [0.25, 0.3) is 0 Å². The maximum Gasteiger partial charge on any atom is 0.167 e. The van der Waals surface area contributed by atoms with Crippen LogP contribution in [0, 0.1) is 5.82 Å². The van der Waals surface area contributed by atoms with Gasteiger partial charge < -0.3 is 0 Å². The lowest BCUT2D eigenvalue weighted by Crippen LogP contribution is -2.07. The Morgan fingerprint density at radius 2 is 1.95 bits per heavy atom. The highest BCUT2D eigenvalue weighted by atomic mass is 35.5. The lowest BCUT2D eigenvalue weighted by atomic mass is 9.97. The molecule has 0 N–H and O–H groups in total. The van der Waals surface area contributed by atoms with Crippen LogP contribution in [-0.4, -0.2) is 5.78 Å². The Hall–Kier alpha value is -1.67. The van der Waals surface area contributed by atoms with Gasteiger partial charge in [-0.3, -0.25) is 4.79 Å². The monoisotopic (exact) mass is 276 g/mol. The van der Waals surface area contributed by atoms with Crippen LogP contribution in [0.4, 0.5) is 4.39 Å². The van der Waals surface area contributed by atoms with E-state index in [0.717, 1.165) is 12.0 Å². The standard InChI is InChI=1S/C16H14ClFO/c1-2-12-5-3-4-6-13(12)16(19)10-11-7-8-14(17)15(18)9-11/h3-9H,2,10H2,1H3. The molecule has 19 heavy (non-hydrogen) atoms. The van der Waals surface area contributed by atoms with E-state index in [1.165, 1.54) is 12.1 Å². The minimum Gasteiger partial charge on any atom is -0.294 e. The first-order chi connectivity index (χ1) is 9.11. The average molecular weight is 277 g/mol. The minimum absolute atomic E-state index is 0.000766. The Morgan fingerprint density at radius 1 is 1.21 bits per heavy atom. The van der Waals surface area contributed by atoms with Crippen molar-refractivity contribution in [3.05, 3.63) is 70.0 Å². The third-order valence-corrected chi connectivity index (χ3v) is 3.35. The molecule has 0 aliphatic heterocycles. The normalized spacial score (nSPS) is 10.5. The van der Waals surface area contributed by atoms with Crippen molar-refractivity contribution in [1.82, 2.24) is 0 Å². The van der Waals surface area contributed by atoms with Gasteiger partial charge in [0, 0.05) is 12.0 Å². The maximum atomic E-state index is 13.3. The van der Waals surface area contributed by atoms with Crippen molar-refractivity contribution >= 4 is 17.4 Å². The number of Topliss-reactive ketones (excluding diaryl/α,β-unsaturated/α-hetero) is 1. The Kier molecular flexibility index (Phi) is 4.33. The molecule has 0 amide bonds. The van der Waals surface area contributed by atoms with Crippen LogP contribution in [-0.2, 0) is 12.8 Å². The molecular formula is C16H14ClFO. The molecule has 0 saturated carbocycles. The fourth-order valence-electron chi connectivity index (χ4n) is 2.03. The summed E-state index contributed by atoms with van der Waals surface area (Å²) < 4.78 is 13.3. The summed E-state index contributed by atoms with van der Waals surface area (Å²) in [7, 11) is 0. The smallest absolute Gasteiger partial charge is 0.167 e. The van der Waals surface area contributed by atoms with E-state index in [4.69, 9.17) is 11.6 Å². The molecule has 0 aromatic heterocycles. The molecule has 3 heteroatoms. The number of benzene rings is 2. The average Bonchev–Trinajstić information content (AvgIpc) is 2.43. The van der Waals surface area contributed by atoms with Crippen molar-refractivity contribution in [1.29, 1.82) is 0 Å². The van der Waals surface area contributed by atoms with E-state index in [1.54, 1.807) is 6.07 Å². The highest BCUT2D eigenvalue weighted by Gasteiger charge is 2.11. The SMILES string of the molecule is CCc1ccccc1C(=O)Cc1ccc(Cl)c(F)c1. The largest absolute Gasteiger partial charge is 0.294 e. The van der Waals surface area contributed by atoms with E-state index < -0.39 is 5.82 Å². The quantitative estimate of drug-likeness (QED) is 0.753. The van der Waals surface area contributed by atoms with Crippen molar-refractivity contribution in [3.8, 4) is 0 Å². The highest BCUT2D eigenvalue weighted by Crippen LogP contribution is 2.18. The van der Waals surface area contributed by atoms with Crippen molar-refractivity contribution in [2.45, 2.75) is 19.8 Å². The molecule has 98 valence electrons. The Balaban J connectivity index is 2.23. The van der Waals surface area contributed by atoms with E-state index in [1.807, 2.05) is 31.2 Å². The number of halogens is 2. The van der Waals surface area contributed by atoms with Crippen LogP contribution < -0.4 is 0 Å². The number of carbonyl (C=O) groups excluding carboxylic acids is 1. The second-order valence-electron chi connectivity index (χ2n) is 4.36. The fraction of sp³-hybridized carbons (Fsp3) is 0.188. The predicted octanol–water partition coefficient (Wildman–Crippen LogP) is 4.47. The molecule has 0 atom stereocenters. The molecule has 0 aliphatic carbocycles. The number of carbonyl (C=O) groups is 1. The van der Waals surface area contributed by atoms with Gasteiger partial charge in [-0.1, -0.05) is 48.9 Å². The van der Waals surface area contributed by atoms with Crippen molar-refractivity contribution in [2.24, 2.45) is 0 Å². The number of rotatable bonds is 4. The summed E-state index contributed by atoms with van der Waals surface area (Å²) in [4.78, 5) is 12.2. The van der Waals surface area contributed by atoms with Gasteiger partial charge in [-0.25, -0.2) is 4.39 Å². The summed E-state index contributed by atoms with van der Waals surface area (Å²) in [6.07, 6.45) is 0.988.